The summed E-state index contributed by atoms with van der Waals surface area (Å²) in [7, 11) is 0. The Balaban J connectivity index is 1.29. The van der Waals surface area contributed by atoms with Gasteiger partial charge in [-0.1, -0.05) is 17.7 Å². The number of halogens is 2. The Bertz CT molecular complexity index is 1530. The first-order valence-corrected chi connectivity index (χ1v) is 12.5. The van der Waals surface area contributed by atoms with Gasteiger partial charge in [0.25, 0.3) is 0 Å². The van der Waals surface area contributed by atoms with Gasteiger partial charge in [0.1, 0.15) is 22.5 Å². The van der Waals surface area contributed by atoms with Crippen LogP contribution < -0.4 is 20.5 Å². The molecule has 4 aromatic rings. The summed E-state index contributed by atoms with van der Waals surface area (Å²) in [6, 6.07) is 17.8. The molecule has 0 radical (unpaired) electrons. The molecule has 0 unspecified atom stereocenters. The first-order valence-electron chi connectivity index (χ1n) is 12.1. The third-order valence-electron chi connectivity index (χ3n) is 6.58. The van der Waals surface area contributed by atoms with E-state index in [1.54, 1.807) is 18.2 Å². The second kappa shape index (κ2) is 9.88. The third-order valence-corrected chi connectivity index (χ3v) is 6.80. The molecule has 4 heterocycles. The van der Waals surface area contributed by atoms with Gasteiger partial charge in [-0.2, -0.15) is 0 Å². The van der Waals surface area contributed by atoms with Crippen molar-refractivity contribution in [2.45, 2.75) is 13.0 Å². The molecule has 1 fully saturated rings. The Kier molecular flexibility index (Phi) is 6.28. The smallest absolute Gasteiger partial charge is 0.250 e. The van der Waals surface area contributed by atoms with Gasteiger partial charge in [0.2, 0.25) is 5.56 Å². The van der Waals surface area contributed by atoms with E-state index in [1.807, 2.05) is 36.4 Å². The Morgan fingerprint density at radius 2 is 1.95 bits per heavy atom. The maximum atomic E-state index is 15.0. The molecule has 37 heavy (non-hydrogen) atoms. The first kappa shape index (κ1) is 23.5. The van der Waals surface area contributed by atoms with Crippen LogP contribution in [-0.4, -0.2) is 36.3 Å². The molecule has 0 amide bonds. The average Bonchev–Trinajstić information content (AvgIpc) is 2.91. The SMILES string of the molecule is O=c1cc(N2CCOCC2)cc(-c2ccc(F)c3c2Oc2ccc(NCc4cccc(Cl)n4)cc2C3)[nH]1. The fourth-order valence-corrected chi connectivity index (χ4v) is 4.93. The lowest BCUT2D eigenvalue weighted by molar-refractivity contribution is 0.122. The van der Waals surface area contributed by atoms with E-state index in [2.05, 4.69) is 20.2 Å². The molecule has 7 nitrogen and oxygen atoms in total. The standard InChI is InChI=1S/C28H24ClFN4O3/c29-26-3-1-2-19(32-26)16-31-18-4-7-25-17(12-18)13-22-23(30)6-5-21(28(22)37-25)24-14-20(15-27(35)33-24)34-8-10-36-11-9-34/h1-7,12,14-15,31H,8-11,13,16H2,(H,33,35). The van der Waals surface area contributed by atoms with E-state index >= 15 is 4.39 Å². The number of hydrogen-bond acceptors (Lipinski definition) is 6. The van der Waals surface area contributed by atoms with Crippen LogP contribution in [0, 0.1) is 5.82 Å². The highest BCUT2D eigenvalue weighted by Crippen LogP contribution is 2.44. The number of nitrogens with one attached hydrogen (secondary N) is 2. The molecule has 2 N–H and O–H groups in total. The molecule has 0 saturated carbocycles. The fourth-order valence-electron chi connectivity index (χ4n) is 4.74. The Hall–Kier alpha value is -3.88. The third kappa shape index (κ3) is 4.90. The van der Waals surface area contributed by atoms with Crippen LogP contribution in [0.3, 0.4) is 0 Å². The van der Waals surface area contributed by atoms with Crippen molar-refractivity contribution in [3.63, 3.8) is 0 Å². The summed E-state index contributed by atoms with van der Waals surface area (Å²) in [6.07, 6.45) is 0.364. The number of anilines is 2. The largest absolute Gasteiger partial charge is 0.456 e. The number of benzene rings is 2. The number of H-pyrrole nitrogens is 1. The summed E-state index contributed by atoms with van der Waals surface area (Å²) in [4.78, 5) is 21.8. The summed E-state index contributed by atoms with van der Waals surface area (Å²) in [5, 5.41) is 3.78. The van der Waals surface area contributed by atoms with Crippen LogP contribution in [0.25, 0.3) is 11.3 Å². The summed E-state index contributed by atoms with van der Waals surface area (Å²) in [5.41, 5.74) is 4.81. The van der Waals surface area contributed by atoms with Crippen molar-refractivity contribution in [2.24, 2.45) is 0 Å². The number of rotatable bonds is 5. The number of ether oxygens (including phenoxy) is 2. The molecule has 188 valence electrons. The van der Waals surface area contributed by atoms with Crippen LogP contribution in [0.4, 0.5) is 15.8 Å². The molecule has 2 aromatic heterocycles. The van der Waals surface area contributed by atoms with Gasteiger partial charge >= 0.3 is 0 Å². The number of aromatic nitrogens is 2. The zero-order valence-corrected chi connectivity index (χ0v) is 20.6. The lowest BCUT2D eigenvalue weighted by atomic mass is 9.95. The maximum absolute atomic E-state index is 15.0. The van der Waals surface area contributed by atoms with Gasteiger partial charge < -0.3 is 24.7 Å². The van der Waals surface area contributed by atoms with E-state index in [-0.39, 0.29) is 11.4 Å². The molecule has 0 spiro atoms. The predicted octanol–water partition coefficient (Wildman–Crippen LogP) is 5.37. The minimum absolute atomic E-state index is 0.224. The van der Waals surface area contributed by atoms with E-state index < -0.39 is 0 Å². The van der Waals surface area contributed by atoms with Crippen molar-refractivity contribution in [1.29, 1.82) is 0 Å². The van der Waals surface area contributed by atoms with Crippen molar-refractivity contribution in [1.82, 2.24) is 9.97 Å². The molecule has 9 heteroatoms. The van der Waals surface area contributed by atoms with Gasteiger partial charge in [-0.15, -0.1) is 0 Å². The number of fused-ring (bicyclic) bond motifs is 2. The molecule has 0 atom stereocenters. The lowest BCUT2D eigenvalue weighted by Gasteiger charge is -2.29. The van der Waals surface area contributed by atoms with Gasteiger partial charge in [-0.3, -0.25) is 4.79 Å². The fraction of sp³-hybridized carbons (Fsp3) is 0.214. The van der Waals surface area contributed by atoms with Crippen LogP contribution >= 0.6 is 11.6 Å². The van der Waals surface area contributed by atoms with Crippen molar-refractivity contribution < 1.29 is 13.9 Å². The second-order valence-corrected chi connectivity index (χ2v) is 9.41. The summed E-state index contributed by atoms with van der Waals surface area (Å²) in [5.74, 6) is 0.723. The molecular weight excluding hydrogens is 495 g/mol. The summed E-state index contributed by atoms with van der Waals surface area (Å²) < 4.78 is 26.7. The maximum Gasteiger partial charge on any atom is 0.250 e. The van der Waals surface area contributed by atoms with Crippen molar-refractivity contribution >= 4 is 23.0 Å². The quantitative estimate of drug-likeness (QED) is 0.304. The summed E-state index contributed by atoms with van der Waals surface area (Å²) in [6.45, 7) is 3.14. The molecule has 2 aromatic carbocycles. The van der Waals surface area contributed by atoms with E-state index in [0.717, 1.165) is 22.6 Å². The van der Waals surface area contributed by atoms with Crippen molar-refractivity contribution in [3.8, 4) is 22.8 Å². The topological polar surface area (TPSA) is 79.5 Å². The average molecular weight is 519 g/mol. The van der Waals surface area contributed by atoms with Crippen LogP contribution in [0.5, 0.6) is 11.5 Å². The minimum Gasteiger partial charge on any atom is -0.456 e. The monoisotopic (exact) mass is 518 g/mol. The molecule has 2 aliphatic rings. The second-order valence-electron chi connectivity index (χ2n) is 9.03. The van der Waals surface area contributed by atoms with Crippen molar-refractivity contribution in [2.75, 3.05) is 36.5 Å². The molecular formula is C28H24ClFN4O3. The number of hydrogen-bond donors (Lipinski definition) is 2. The zero-order chi connectivity index (χ0) is 25.4. The van der Waals surface area contributed by atoms with E-state index in [4.69, 9.17) is 21.1 Å². The van der Waals surface area contributed by atoms with Gasteiger partial charge in [0, 0.05) is 53.6 Å². The van der Waals surface area contributed by atoms with Gasteiger partial charge in [-0.05, 0) is 48.5 Å². The van der Waals surface area contributed by atoms with Crippen molar-refractivity contribution in [3.05, 3.63) is 98.8 Å². The molecule has 0 bridgehead atoms. The molecule has 1 saturated heterocycles. The highest BCUT2D eigenvalue weighted by molar-refractivity contribution is 6.29. The van der Waals surface area contributed by atoms with Gasteiger partial charge in [-0.25, -0.2) is 9.37 Å². The normalized spacial score (nSPS) is 14.5. The number of morpholine rings is 1. The van der Waals surface area contributed by atoms with E-state index in [9.17, 15) is 4.79 Å². The highest BCUT2D eigenvalue weighted by atomic mass is 35.5. The van der Waals surface area contributed by atoms with Crippen LogP contribution in [0.1, 0.15) is 16.8 Å². The lowest BCUT2D eigenvalue weighted by Crippen LogP contribution is -2.36. The minimum atomic E-state index is -0.349. The summed E-state index contributed by atoms with van der Waals surface area (Å²) >= 11 is 5.98. The van der Waals surface area contributed by atoms with Gasteiger partial charge in [0.05, 0.1) is 31.1 Å². The molecule has 2 aliphatic heterocycles. The Morgan fingerprint density at radius 1 is 1.08 bits per heavy atom. The number of nitrogens with zero attached hydrogens (tertiary/aromatic N) is 2. The zero-order valence-electron chi connectivity index (χ0n) is 19.9. The van der Waals surface area contributed by atoms with Gasteiger partial charge in [0.15, 0.2) is 0 Å². The Labute approximate surface area is 217 Å². The molecule has 0 aliphatic carbocycles. The van der Waals surface area contributed by atoms with E-state index in [1.165, 1.54) is 6.07 Å². The van der Waals surface area contributed by atoms with Crippen LogP contribution in [-0.2, 0) is 17.7 Å². The van der Waals surface area contributed by atoms with E-state index in [0.29, 0.717) is 72.7 Å². The highest BCUT2D eigenvalue weighted by Gasteiger charge is 2.25. The Morgan fingerprint density at radius 3 is 2.78 bits per heavy atom. The predicted molar refractivity (Wildman–Crippen MR) is 141 cm³/mol. The molecule has 6 rings (SSSR count). The number of aromatic amines is 1. The first-order chi connectivity index (χ1) is 18.0. The number of pyridine rings is 2. The van der Waals surface area contributed by atoms with Crippen LogP contribution in [0.2, 0.25) is 5.15 Å². The van der Waals surface area contributed by atoms with Crippen LogP contribution in [0.15, 0.2) is 65.5 Å².